The molecule has 0 aliphatic rings. The fraction of sp³-hybridized carbons (Fsp3) is 0.200. The van der Waals surface area contributed by atoms with Crippen LogP contribution in [0.3, 0.4) is 0 Å². The molecule has 3 N–H and O–H groups in total. The van der Waals surface area contributed by atoms with Gasteiger partial charge < -0.3 is 11.1 Å². The van der Waals surface area contributed by atoms with Crippen molar-refractivity contribution in [1.29, 1.82) is 0 Å². The molecular weight excluding hydrogens is 274 g/mol. The minimum atomic E-state index is -0.354. The van der Waals surface area contributed by atoms with Crippen LogP contribution in [0.25, 0.3) is 0 Å². The molecule has 0 radical (unpaired) electrons. The fourth-order valence-electron chi connectivity index (χ4n) is 1.19. The van der Waals surface area contributed by atoms with E-state index in [1.54, 1.807) is 11.4 Å². The minimum Gasteiger partial charge on any atom is -0.322 e. The summed E-state index contributed by atoms with van der Waals surface area (Å²) < 4.78 is 0. The SMILES string of the molecule is CC(N)c1nc(C(=O)Nc2ccnc(Cl)n2)cs1. The monoisotopic (exact) mass is 283 g/mol. The van der Waals surface area contributed by atoms with Crippen LogP contribution in [0.2, 0.25) is 5.28 Å². The molecule has 2 aromatic rings. The highest BCUT2D eigenvalue weighted by Crippen LogP contribution is 2.16. The van der Waals surface area contributed by atoms with E-state index in [2.05, 4.69) is 20.3 Å². The number of hydrogen-bond acceptors (Lipinski definition) is 6. The molecule has 0 fully saturated rings. The van der Waals surface area contributed by atoms with Crippen LogP contribution in [0.5, 0.6) is 0 Å². The Morgan fingerprint density at radius 3 is 2.94 bits per heavy atom. The first kappa shape index (κ1) is 12.9. The van der Waals surface area contributed by atoms with Crippen LogP contribution in [0.15, 0.2) is 17.6 Å². The van der Waals surface area contributed by atoms with Gasteiger partial charge in [-0.25, -0.2) is 15.0 Å². The lowest BCUT2D eigenvalue weighted by atomic mass is 10.4. The van der Waals surface area contributed by atoms with E-state index in [1.807, 2.05) is 6.92 Å². The van der Waals surface area contributed by atoms with Gasteiger partial charge in [0, 0.05) is 11.6 Å². The molecule has 0 aliphatic heterocycles. The highest BCUT2D eigenvalue weighted by atomic mass is 35.5. The zero-order chi connectivity index (χ0) is 13.1. The highest BCUT2D eigenvalue weighted by Gasteiger charge is 2.13. The number of carbonyl (C=O) groups excluding carboxylic acids is 1. The molecule has 0 saturated heterocycles. The second-order valence-corrected chi connectivity index (χ2v) is 4.75. The van der Waals surface area contributed by atoms with Crippen LogP contribution in [-0.2, 0) is 0 Å². The van der Waals surface area contributed by atoms with E-state index < -0.39 is 0 Å². The number of nitrogens with one attached hydrogen (secondary N) is 1. The zero-order valence-electron chi connectivity index (χ0n) is 9.42. The average Bonchev–Trinajstić information content (AvgIpc) is 2.78. The number of thiazole rings is 1. The molecule has 18 heavy (non-hydrogen) atoms. The molecule has 0 bridgehead atoms. The summed E-state index contributed by atoms with van der Waals surface area (Å²) in [7, 11) is 0. The van der Waals surface area contributed by atoms with Gasteiger partial charge in [0.25, 0.3) is 5.91 Å². The zero-order valence-corrected chi connectivity index (χ0v) is 11.0. The van der Waals surface area contributed by atoms with Gasteiger partial charge >= 0.3 is 0 Å². The van der Waals surface area contributed by atoms with Gasteiger partial charge in [-0.3, -0.25) is 4.79 Å². The lowest BCUT2D eigenvalue weighted by Crippen LogP contribution is -2.14. The van der Waals surface area contributed by atoms with Crippen molar-refractivity contribution in [2.75, 3.05) is 5.32 Å². The molecule has 1 amide bonds. The first-order valence-electron chi connectivity index (χ1n) is 5.07. The van der Waals surface area contributed by atoms with Crippen molar-refractivity contribution in [2.45, 2.75) is 13.0 Å². The molecule has 2 heterocycles. The number of aromatic nitrogens is 3. The average molecular weight is 284 g/mol. The van der Waals surface area contributed by atoms with Crippen molar-refractivity contribution < 1.29 is 4.79 Å². The number of anilines is 1. The van der Waals surface area contributed by atoms with Gasteiger partial charge in [0.15, 0.2) is 0 Å². The molecule has 0 aliphatic carbocycles. The number of nitrogens with zero attached hydrogens (tertiary/aromatic N) is 3. The number of carbonyl (C=O) groups is 1. The van der Waals surface area contributed by atoms with E-state index in [1.165, 1.54) is 17.5 Å². The van der Waals surface area contributed by atoms with Gasteiger partial charge in [0.2, 0.25) is 5.28 Å². The number of amides is 1. The summed E-state index contributed by atoms with van der Waals surface area (Å²) in [4.78, 5) is 23.6. The summed E-state index contributed by atoms with van der Waals surface area (Å²) in [5, 5.41) is 5.01. The molecule has 1 atom stereocenters. The van der Waals surface area contributed by atoms with Crippen molar-refractivity contribution in [1.82, 2.24) is 15.0 Å². The van der Waals surface area contributed by atoms with Crippen molar-refractivity contribution in [3.8, 4) is 0 Å². The summed E-state index contributed by atoms with van der Waals surface area (Å²) in [5.41, 5.74) is 5.99. The number of hydrogen-bond donors (Lipinski definition) is 2. The Labute approximate surface area is 112 Å². The third-order valence-electron chi connectivity index (χ3n) is 2.01. The first-order valence-corrected chi connectivity index (χ1v) is 6.33. The van der Waals surface area contributed by atoms with Gasteiger partial charge in [0.05, 0.1) is 6.04 Å². The fourth-order valence-corrected chi connectivity index (χ4v) is 2.09. The Balaban J connectivity index is 2.12. The molecule has 2 aromatic heterocycles. The summed E-state index contributed by atoms with van der Waals surface area (Å²) in [5.74, 6) is -0.0248. The second-order valence-electron chi connectivity index (χ2n) is 3.52. The van der Waals surface area contributed by atoms with Crippen molar-refractivity contribution >= 4 is 34.7 Å². The molecule has 6 nitrogen and oxygen atoms in total. The lowest BCUT2D eigenvalue weighted by molar-refractivity contribution is 0.102. The van der Waals surface area contributed by atoms with Gasteiger partial charge in [-0.1, -0.05) is 0 Å². The number of halogens is 1. The van der Waals surface area contributed by atoms with Gasteiger partial charge in [-0.15, -0.1) is 11.3 Å². The molecule has 2 rings (SSSR count). The Morgan fingerprint density at radius 2 is 2.33 bits per heavy atom. The standard InChI is InChI=1S/C10H10ClN5OS/c1-5(12)9-14-6(4-18-9)8(17)15-7-2-3-13-10(11)16-7/h2-5H,12H2,1H3,(H,13,15,16,17). The first-order chi connectivity index (χ1) is 8.56. The quantitative estimate of drug-likeness (QED) is 0.839. The maximum Gasteiger partial charge on any atom is 0.276 e. The van der Waals surface area contributed by atoms with E-state index in [0.717, 1.165) is 0 Å². The molecular formula is C10H10ClN5OS. The van der Waals surface area contributed by atoms with Crippen LogP contribution < -0.4 is 11.1 Å². The smallest absolute Gasteiger partial charge is 0.276 e. The van der Waals surface area contributed by atoms with Gasteiger partial charge in [0.1, 0.15) is 16.5 Å². The molecule has 94 valence electrons. The van der Waals surface area contributed by atoms with Crippen molar-refractivity contribution in [3.63, 3.8) is 0 Å². The molecule has 0 saturated carbocycles. The molecule has 8 heteroatoms. The van der Waals surface area contributed by atoms with Crippen molar-refractivity contribution in [3.05, 3.63) is 33.6 Å². The Kier molecular flexibility index (Phi) is 3.85. The lowest BCUT2D eigenvalue weighted by Gasteiger charge is -2.01. The maximum atomic E-state index is 11.9. The third kappa shape index (κ3) is 3.00. The van der Waals surface area contributed by atoms with Crippen LogP contribution in [0, 0.1) is 0 Å². The summed E-state index contributed by atoms with van der Waals surface area (Å²) in [6.45, 7) is 1.81. The Hall–Kier alpha value is -1.57. The van der Waals surface area contributed by atoms with E-state index in [0.29, 0.717) is 16.5 Å². The van der Waals surface area contributed by atoms with Gasteiger partial charge in [-0.05, 0) is 24.6 Å². The van der Waals surface area contributed by atoms with E-state index in [4.69, 9.17) is 17.3 Å². The number of rotatable bonds is 3. The Bertz CT molecular complexity index is 571. The van der Waals surface area contributed by atoms with Crippen molar-refractivity contribution in [2.24, 2.45) is 5.73 Å². The van der Waals surface area contributed by atoms with Gasteiger partial charge in [-0.2, -0.15) is 0 Å². The van der Waals surface area contributed by atoms with E-state index >= 15 is 0 Å². The minimum absolute atomic E-state index is 0.0716. The summed E-state index contributed by atoms with van der Waals surface area (Å²) in [6, 6.07) is 1.35. The van der Waals surface area contributed by atoms with Crippen LogP contribution in [-0.4, -0.2) is 20.9 Å². The highest BCUT2D eigenvalue weighted by molar-refractivity contribution is 7.09. The second kappa shape index (κ2) is 5.38. The largest absolute Gasteiger partial charge is 0.322 e. The normalized spacial score (nSPS) is 12.2. The van der Waals surface area contributed by atoms with Crippen LogP contribution in [0.4, 0.5) is 5.82 Å². The molecule has 1 unspecified atom stereocenters. The summed E-state index contributed by atoms with van der Waals surface area (Å²) >= 11 is 6.96. The number of nitrogens with two attached hydrogens (primary N) is 1. The summed E-state index contributed by atoms with van der Waals surface area (Å²) in [6.07, 6.45) is 1.46. The Morgan fingerprint density at radius 1 is 1.56 bits per heavy atom. The molecule has 0 spiro atoms. The predicted octanol–water partition coefficient (Wildman–Crippen LogP) is 1.86. The van der Waals surface area contributed by atoms with E-state index in [9.17, 15) is 4.79 Å². The van der Waals surface area contributed by atoms with Crippen LogP contribution >= 0.6 is 22.9 Å². The predicted molar refractivity (Wildman–Crippen MR) is 69.7 cm³/mol. The maximum absolute atomic E-state index is 11.9. The molecule has 0 aromatic carbocycles. The van der Waals surface area contributed by atoms with E-state index in [-0.39, 0.29) is 17.2 Å². The topological polar surface area (TPSA) is 93.8 Å². The third-order valence-corrected chi connectivity index (χ3v) is 3.24. The van der Waals surface area contributed by atoms with Crippen LogP contribution in [0.1, 0.15) is 28.5 Å².